The van der Waals surface area contributed by atoms with Crippen molar-refractivity contribution in [3.63, 3.8) is 0 Å². The van der Waals surface area contributed by atoms with Gasteiger partial charge in [-0.15, -0.1) is 0 Å². The van der Waals surface area contributed by atoms with Gasteiger partial charge in [0.15, 0.2) is 5.65 Å². The Balaban J connectivity index is 1.41. The molecule has 6 rings (SSSR count). The van der Waals surface area contributed by atoms with Crippen molar-refractivity contribution in [2.75, 3.05) is 31.1 Å². The molecule has 0 radical (unpaired) electrons. The van der Waals surface area contributed by atoms with Crippen LogP contribution in [0.1, 0.15) is 55.7 Å². The van der Waals surface area contributed by atoms with Crippen LogP contribution in [0.3, 0.4) is 0 Å². The normalized spacial score (nSPS) is 18.0. The van der Waals surface area contributed by atoms with Crippen molar-refractivity contribution in [2.24, 2.45) is 0 Å². The van der Waals surface area contributed by atoms with Crippen LogP contribution in [-0.2, 0) is 0 Å². The van der Waals surface area contributed by atoms with Crippen molar-refractivity contribution in [3.05, 3.63) is 41.5 Å². The number of pyridine rings is 2. The van der Waals surface area contributed by atoms with Crippen LogP contribution in [0.2, 0.25) is 0 Å². The average Bonchev–Trinajstić information content (AvgIpc) is 3.39. The monoisotopic (exact) mass is 443 g/mol. The van der Waals surface area contributed by atoms with E-state index in [4.69, 9.17) is 4.98 Å². The predicted molar refractivity (Wildman–Crippen MR) is 133 cm³/mol. The van der Waals surface area contributed by atoms with E-state index in [2.05, 4.69) is 64.8 Å². The van der Waals surface area contributed by atoms with E-state index in [1.807, 2.05) is 10.7 Å². The summed E-state index contributed by atoms with van der Waals surface area (Å²) in [5.74, 6) is 1.53. The lowest BCUT2D eigenvalue weighted by atomic mass is 9.94. The molecule has 4 aromatic heterocycles. The minimum atomic E-state index is 0.381. The molecule has 0 atom stereocenters. The van der Waals surface area contributed by atoms with Gasteiger partial charge in [0.1, 0.15) is 12.1 Å². The van der Waals surface area contributed by atoms with Crippen molar-refractivity contribution in [2.45, 2.75) is 58.9 Å². The molecule has 2 saturated heterocycles. The molecule has 4 aromatic rings. The first-order valence-corrected chi connectivity index (χ1v) is 12.3. The maximum absolute atomic E-state index is 4.95. The molecule has 0 unspecified atom stereocenters. The third-order valence-corrected chi connectivity index (χ3v) is 7.69. The van der Waals surface area contributed by atoms with Crippen LogP contribution in [-0.4, -0.2) is 61.7 Å². The van der Waals surface area contributed by atoms with Gasteiger partial charge in [0.25, 0.3) is 0 Å². The van der Waals surface area contributed by atoms with E-state index in [-0.39, 0.29) is 0 Å². The summed E-state index contributed by atoms with van der Waals surface area (Å²) in [7, 11) is 0. The molecule has 6 heterocycles. The second kappa shape index (κ2) is 7.83. The molecule has 0 bridgehead atoms. The number of piperidine rings is 1. The van der Waals surface area contributed by atoms with E-state index in [9.17, 15) is 0 Å². The Morgan fingerprint density at radius 2 is 1.85 bits per heavy atom. The molecule has 2 aliphatic heterocycles. The maximum atomic E-state index is 4.95. The first-order valence-electron chi connectivity index (χ1n) is 12.3. The Bertz CT molecular complexity index is 1320. The van der Waals surface area contributed by atoms with E-state index in [0.29, 0.717) is 5.92 Å². The molecule has 2 fully saturated rings. The maximum Gasteiger partial charge on any atom is 0.158 e. The fraction of sp³-hybridized carbons (Fsp3) is 0.500. The summed E-state index contributed by atoms with van der Waals surface area (Å²) in [6, 6.07) is 2.98. The number of aromatic nitrogens is 5. The number of rotatable bonds is 4. The van der Waals surface area contributed by atoms with Gasteiger partial charge < -0.3 is 14.8 Å². The van der Waals surface area contributed by atoms with E-state index >= 15 is 0 Å². The number of anilines is 1. The summed E-state index contributed by atoms with van der Waals surface area (Å²) < 4.78 is 1.87. The molecule has 7 nitrogen and oxygen atoms in total. The van der Waals surface area contributed by atoms with E-state index < -0.39 is 0 Å². The van der Waals surface area contributed by atoms with Gasteiger partial charge in [-0.3, -0.25) is 0 Å². The molecular formula is C26H33N7. The summed E-state index contributed by atoms with van der Waals surface area (Å²) in [6.45, 7) is 13.7. The van der Waals surface area contributed by atoms with E-state index in [0.717, 1.165) is 47.2 Å². The highest BCUT2D eigenvalue weighted by Gasteiger charge is 2.29. The lowest BCUT2D eigenvalue weighted by molar-refractivity contribution is 0.1000. The highest BCUT2D eigenvalue weighted by Crippen LogP contribution is 2.40. The third-order valence-electron chi connectivity index (χ3n) is 7.69. The molecule has 2 aliphatic rings. The summed E-state index contributed by atoms with van der Waals surface area (Å²) in [4.78, 5) is 18.2. The van der Waals surface area contributed by atoms with Gasteiger partial charge >= 0.3 is 0 Å². The first kappa shape index (κ1) is 20.7. The van der Waals surface area contributed by atoms with Crippen molar-refractivity contribution in [1.82, 2.24) is 29.5 Å². The number of H-pyrrole nitrogens is 1. The predicted octanol–water partition coefficient (Wildman–Crippen LogP) is 4.69. The Hall–Kier alpha value is -2.93. The fourth-order valence-electron chi connectivity index (χ4n) is 5.87. The van der Waals surface area contributed by atoms with Gasteiger partial charge in [-0.2, -0.15) is 5.10 Å². The summed E-state index contributed by atoms with van der Waals surface area (Å²) in [5, 5.41) is 5.71. The fourth-order valence-corrected chi connectivity index (χ4v) is 5.87. The van der Waals surface area contributed by atoms with Crippen LogP contribution < -0.4 is 4.90 Å². The second-order valence-corrected chi connectivity index (χ2v) is 10.1. The largest absolute Gasteiger partial charge is 0.356 e. The Kier molecular flexibility index (Phi) is 4.91. The van der Waals surface area contributed by atoms with Crippen LogP contribution in [0, 0.1) is 13.8 Å². The zero-order valence-electron chi connectivity index (χ0n) is 20.1. The smallest absolute Gasteiger partial charge is 0.158 e. The van der Waals surface area contributed by atoms with Crippen molar-refractivity contribution < 1.29 is 0 Å². The minimum Gasteiger partial charge on any atom is -0.356 e. The van der Waals surface area contributed by atoms with Crippen LogP contribution in [0.15, 0.2) is 24.8 Å². The lowest BCUT2D eigenvalue weighted by Gasteiger charge is -2.43. The Morgan fingerprint density at radius 1 is 1.06 bits per heavy atom. The molecule has 0 aliphatic carbocycles. The number of nitrogens with zero attached hydrogens (tertiary/aromatic N) is 6. The number of likely N-dealkylation sites (tertiary alicyclic amines) is 1. The molecule has 33 heavy (non-hydrogen) atoms. The lowest BCUT2D eigenvalue weighted by Crippen LogP contribution is -2.50. The second-order valence-electron chi connectivity index (χ2n) is 10.1. The standard InChI is InChI=1S/C26H33N7/c1-16(2)22-23-18(4)26(32-10-6-20(7-11-32)31-8-5-9-31)27-13-21(23)30-24(22)19-12-17(3)25-28-15-29-33(25)14-19/h12-16,20,30H,5-11H2,1-4H3. The zero-order chi connectivity index (χ0) is 22.7. The molecule has 1 N–H and O–H groups in total. The molecular weight excluding hydrogens is 410 g/mol. The van der Waals surface area contributed by atoms with Crippen LogP contribution in [0.25, 0.3) is 27.8 Å². The number of aromatic amines is 1. The molecule has 0 spiro atoms. The first-order chi connectivity index (χ1) is 16.0. The highest BCUT2D eigenvalue weighted by atomic mass is 15.3. The van der Waals surface area contributed by atoms with Crippen LogP contribution in [0.4, 0.5) is 5.82 Å². The highest BCUT2D eigenvalue weighted by molar-refractivity contribution is 5.95. The molecule has 172 valence electrons. The molecule has 0 aromatic carbocycles. The molecule has 0 saturated carbocycles. The number of nitrogens with one attached hydrogen (secondary N) is 1. The van der Waals surface area contributed by atoms with E-state index in [1.165, 1.54) is 54.6 Å². The third kappa shape index (κ3) is 3.32. The number of hydrogen-bond donors (Lipinski definition) is 1. The topological polar surface area (TPSA) is 65.3 Å². The van der Waals surface area contributed by atoms with Gasteiger partial charge in [0.2, 0.25) is 0 Å². The van der Waals surface area contributed by atoms with Gasteiger partial charge in [-0.05, 0) is 69.3 Å². The minimum absolute atomic E-state index is 0.381. The SMILES string of the molecule is Cc1c(N2CCC(N3CCC3)CC2)ncc2[nH]c(-c3cc(C)c4ncnn4c3)c(C(C)C)c12. The number of aryl methyl sites for hydroxylation is 2. The summed E-state index contributed by atoms with van der Waals surface area (Å²) in [5.41, 5.74) is 8.10. The van der Waals surface area contributed by atoms with Gasteiger partial charge in [0.05, 0.1) is 17.4 Å². The Morgan fingerprint density at radius 3 is 2.55 bits per heavy atom. The number of fused-ring (bicyclic) bond motifs is 2. The van der Waals surface area contributed by atoms with Crippen LogP contribution >= 0.6 is 0 Å². The summed E-state index contributed by atoms with van der Waals surface area (Å²) >= 11 is 0. The van der Waals surface area contributed by atoms with Gasteiger partial charge in [-0.25, -0.2) is 14.5 Å². The van der Waals surface area contributed by atoms with E-state index in [1.54, 1.807) is 6.33 Å². The van der Waals surface area contributed by atoms with Crippen molar-refractivity contribution in [1.29, 1.82) is 0 Å². The van der Waals surface area contributed by atoms with Gasteiger partial charge in [0, 0.05) is 41.8 Å². The van der Waals surface area contributed by atoms with Crippen LogP contribution in [0.5, 0.6) is 0 Å². The molecule has 7 heteroatoms. The summed E-state index contributed by atoms with van der Waals surface area (Å²) in [6.07, 6.45) is 9.59. The Labute approximate surface area is 194 Å². The van der Waals surface area contributed by atoms with Crippen molar-refractivity contribution in [3.8, 4) is 11.3 Å². The quantitative estimate of drug-likeness (QED) is 0.496. The van der Waals surface area contributed by atoms with Gasteiger partial charge in [-0.1, -0.05) is 13.8 Å². The average molecular weight is 444 g/mol. The zero-order valence-corrected chi connectivity index (χ0v) is 20.1. The number of hydrogen-bond acceptors (Lipinski definition) is 5. The van der Waals surface area contributed by atoms with Crippen molar-refractivity contribution >= 4 is 22.4 Å². The molecule has 0 amide bonds.